The van der Waals surface area contributed by atoms with Gasteiger partial charge in [-0.25, -0.2) is 0 Å². The van der Waals surface area contributed by atoms with Gasteiger partial charge in [0.15, 0.2) is 0 Å². The average Bonchev–Trinajstić information content (AvgIpc) is 3.20. The van der Waals surface area contributed by atoms with Crippen molar-refractivity contribution in [2.75, 3.05) is 37.6 Å². The molecular formula is C22H25ClN4O. The van der Waals surface area contributed by atoms with Gasteiger partial charge >= 0.3 is 0 Å². The maximum Gasteiger partial charge on any atom is 0.227 e. The number of anilines is 1. The number of rotatable bonds is 6. The van der Waals surface area contributed by atoms with Crippen LogP contribution in [0, 0.1) is 6.92 Å². The number of halogens is 1. The molecule has 3 aromatic rings. The summed E-state index contributed by atoms with van der Waals surface area (Å²) in [6, 6.07) is 16.1. The minimum Gasteiger partial charge on any atom is -0.369 e. The number of nitrogens with zero attached hydrogens (tertiary/aromatic N) is 4. The normalized spacial score (nSPS) is 15.1. The lowest BCUT2D eigenvalue weighted by atomic mass is 10.1. The second-order valence-corrected chi connectivity index (χ2v) is 7.68. The standard InChI is InChI=1S/C22H25ClN4O/c1-17-9-10-19(23)16-20(17)27-14-12-26(13-15-27)11-5-8-21-24-22(25-28-21)18-6-3-2-4-7-18/h2-4,6-7,9-10,16H,5,8,11-15H2,1H3. The lowest BCUT2D eigenvalue weighted by Crippen LogP contribution is -2.46. The van der Waals surface area contributed by atoms with E-state index in [1.165, 1.54) is 11.3 Å². The van der Waals surface area contributed by atoms with Crippen LogP contribution in [0.15, 0.2) is 53.1 Å². The van der Waals surface area contributed by atoms with Gasteiger partial charge < -0.3 is 9.42 Å². The van der Waals surface area contributed by atoms with Gasteiger partial charge in [-0.1, -0.05) is 53.2 Å². The maximum absolute atomic E-state index is 6.18. The van der Waals surface area contributed by atoms with Gasteiger partial charge in [0.1, 0.15) is 0 Å². The Labute approximate surface area is 170 Å². The van der Waals surface area contributed by atoms with Gasteiger partial charge in [-0.05, 0) is 37.6 Å². The van der Waals surface area contributed by atoms with E-state index in [0.717, 1.165) is 56.2 Å². The lowest BCUT2D eigenvalue weighted by Gasteiger charge is -2.36. The summed E-state index contributed by atoms with van der Waals surface area (Å²) in [5.74, 6) is 1.38. The summed E-state index contributed by atoms with van der Waals surface area (Å²) in [5, 5.41) is 4.90. The highest BCUT2D eigenvalue weighted by Gasteiger charge is 2.18. The van der Waals surface area contributed by atoms with Crippen LogP contribution in [0.2, 0.25) is 5.02 Å². The molecule has 5 nitrogen and oxygen atoms in total. The number of hydrogen-bond acceptors (Lipinski definition) is 5. The average molecular weight is 397 g/mol. The Morgan fingerprint density at radius 1 is 1.04 bits per heavy atom. The van der Waals surface area contributed by atoms with Crippen molar-refractivity contribution in [1.82, 2.24) is 15.0 Å². The predicted molar refractivity (Wildman–Crippen MR) is 113 cm³/mol. The van der Waals surface area contributed by atoms with E-state index in [9.17, 15) is 0 Å². The van der Waals surface area contributed by atoms with Crippen molar-refractivity contribution in [2.45, 2.75) is 19.8 Å². The van der Waals surface area contributed by atoms with E-state index in [2.05, 4.69) is 39.0 Å². The van der Waals surface area contributed by atoms with Crippen molar-refractivity contribution in [3.8, 4) is 11.4 Å². The molecule has 2 heterocycles. The molecule has 0 amide bonds. The van der Waals surface area contributed by atoms with E-state index < -0.39 is 0 Å². The van der Waals surface area contributed by atoms with Gasteiger partial charge in [-0.15, -0.1) is 0 Å². The first-order valence-electron chi connectivity index (χ1n) is 9.80. The monoisotopic (exact) mass is 396 g/mol. The Kier molecular flexibility index (Phi) is 5.93. The van der Waals surface area contributed by atoms with Crippen LogP contribution in [0.5, 0.6) is 0 Å². The molecule has 6 heteroatoms. The SMILES string of the molecule is Cc1ccc(Cl)cc1N1CCN(CCCc2nc(-c3ccccc3)no2)CC1. The molecule has 0 radical (unpaired) electrons. The Hall–Kier alpha value is -2.37. The number of aryl methyl sites for hydroxylation is 2. The smallest absolute Gasteiger partial charge is 0.227 e. The highest BCUT2D eigenvalue weighted by atomic mass is 35.5. The fraction of sp³-hybridized carbons (Fsp3) is 0.364. The van der Waals surface area contributed by atoms with Crippen LogP contribution in [-0.2, 0) is 6.42 Å². The summed E-state index contributed by atoms with van der Waals surface area (Å²) in [4.78, 5) is 9.45. The van der Waals surface area contributed by atoms with Crippen LogP contribution in [0.4, 0.5) is 5.69 Å². The summed E-state index contributed by atoms with van der Waals surface area (Å²) < 4.78 is 5.41. The molecule has 1 saturated heterocycles. The van der Waals surface area contributed by atoms with Crippen LogP contribution >= 0.6 is 11.6 Å². The number of benzene rings is 2. The minimum atomic E-state index is 0.668. The molecule has 0 saturated carbocycles. The molecule has 146 valence electrons. The fourth-order valence-corrected chi connectivity index (χ4v) is 3.82. The zero-order valence-corrected chi connectivity index (χ0v) is 16.9. The molecule has 1 aromatic heterocycles. The first kappa shape index (κ1) is 19.0. The highest BCUT2D eigenvalue weighted by Crippen LogP contribution is 2.25. The van der Waals surface area contributed by atoms with Crippen LogP contribution in [-0.4, -0.2) is 47.8 Å². The molecule has 0 aliphatic carbocycles. The molecule has 0 unspecified atom stereocenters. The molecule has 1 aliphatic heterocycles. The van der Waals surface area contributed by atoms with Crippen LogP contribution in [0.25, 0.3) is 11.4 Å². The van der Waals surface area contributed by atoms with Crippen LogP contribution in [0.3, 0.4) is 0 Å². The molecule has 1 aliphatic rings. The third-order valence-electron chi connectivity index (χ3n) is 5.25. The summed E-state index contributed by atoms with van der Waals surface area (Å²) in [7, 11) is 0. The summed E-state index contributed by atoms with van der Waals surface area (Å²) in [6.07, 6.45) is 1.83. The zero-order chi connectivity index (χ0) is 19.3. The predicted octanol–water partition coefficient (Wildman–Crippen LogP) is 4.45. The second-order valence-electron chi connectivity index (χ2n) is 7.24. The van der Waals surface area contributed by atoms with E-state index >= 15 is 0 Å². The fourth-order valence-electron chi connectivity index (χ4n) is 3.65. The van der Waals surface area contributed by atoms with E-state index in [1.54, 1.807) is 0 Å². The molecule has 0 atom stereocenters. The first-order valence-corrected chi connectivity index (χ1v) is 10.2. The van der Waals surface area contributed by atoms with E-state index in [0.29, 0.717) is 11.7 Å². The molecule has 0 spiro atoms. The number of piperazine rings is 1. The Bertz CT molecular complexity index is 904. The van der Waals surface area contributed by atoms with Gasteiger partial charge in [0.05, 0.1) is 0 Å². The van der Waals surface area contributed by atoms with E-state index in [4.69, 9.17) is 16.1 Å². The zero-order valence-electron chi connectivity index (χ0n) is 16.1. The third-order valence-corrected chi connectivity index (χ3v) is 5.48. The molecule has 0 N–H and O–H groups in total. The topological polar surface area (TPSA) is 45.4 Å². The van der Waals surface area contributed by atoms with E-state index in [1.807, 2.05) is 36.4 Å². The van der Waals surface area contributed by atoms with E-state index in [-0.39, 0.29) is 0 Å². The van der Waals surface area contributed by atoms with Crippen molar-refractivity contribution in [3.05, 3.63) is 65.0 Å². The molecular weight excluding hydrogens is 372 g/mol. The largest absolute Gasteiger partial charge is 0.369 e. The first-order chi connectivity index (χ1) is 13.7. The summed E-state index contributed by atoms with van der Waals surface area (Å²) in [6.45, 7) is 7.37. The molecule has 2 aromatic carbocycles. The van der Waals surface area contributed by atoms with Crippen LogP contribution < -0.4 is 4.90 Å². The van der Waals surface area contributed by atoms with Crippen molar-refractivity contribution in [2.24, 2.45) is 0 Å². The Balaban J connectivity index is 1.24. The van der Waals surface area contributed by atoms with Gasteiger partial charge in [-0.3, -0.25) is 4.90 Å². The summed E-state index contributed by atoms with van der Waals surface area (Å²) >= 11 is 6.18. The molecule has 4 rings (SSSR count). The lowest BCUT2D eigenvalue weighted by molar-refractivity contribution is 0.250. The second kappa shape index (κ2) is 8.76. The summed E-state index contributed by atoms with van der Waals surface area (Å²) in [5.41, 5.74) is 3.53. The molecule has 28 heavy (non-hydrogen) atoms. The van der Waals surface area contributed by atoms with Gasteiger partial charge in [-0.2, -0.15) is 4.98 Å². The van der Waals surface area contributed by atoms with Crippen molar-refractivity contribution in [3.63, 3.8) is 0 Å². The minimum absolute atomic E-state index is 0.668. The quantitative estimate of drug-likeness (QED) is 0.615. The third kappa shape index (κ3) is 4.54. The van der Waals surface area contributed by atoms with Crippen molar-refractivity contribution >= 4 is 17.3 Å². The van der Waals surface area contributed by atoms with Gasteiger partial charge in [0.25, 0.3) is 0 Å². The Morgan fingerprint density at radius 3 is 2.61 bits per heavy atom. The van der Waals surface area contributed by atoms with Gasteiger partial charge in [0.2, 0.25) is 11.7 Å². The molecule has 1 fully saturated rings. The van der Waals surface area contributed by atoms with Gasteiger partial charge in [0, 0.05) is 48.9 Å². The van der Waals surface area contributed by atoms with Crippen molar-refractivity contribution < 1.29 is 4.52 Å². The maximum atomic E-state index is 6.18. The number of aromatic nitrogens is 2. The van der Waals surface area contributed by atoms with Crippen molar-refractivity contribution in [1.29, 1.82) is 0 Å². The Morgan fingerprint density at radius 2 is 1.82 bits per heavy atom. The number of hydrogen-bond donors (Lipinski definition) is 0. The van der Waals surface area contributed by atoms with Crippen LogP contribution in [0.1, 0.15) is 17.9 Å². The molecule has 0 bridgehead atoms. The highest BCUT2D eigenvalue weighted by molar-refractivity contribution is 6.30.